The molecule has 0 aliphatic carbocycles. The average Bonchev–Trinajstić information content (AvgIpc) is 2.79. The highest BCUT2D eigenvalue weighted by molar-refractivity contribution is 6.30. The van der Waals surface area contributed by atoms with Gasteiger partial charge in [-0.1, -0.05) is 18.5 Å². The highest BCUT2D eigenvalue weighted by atomic mass is 35.5. The van der Waals surface area contributed by atoms with Crippen LogP contribution in [-0.2, 0) is 6.54 Å². The molecule has 0 aliphatic rings. The number of nitrogens with two attached hydrogens (primary N) is 1. The van der Waals surface area contributed by atoms with E-state index in [0.717, 1.165) is 35.2 Å². The Labute approximate surface area is 107 Å². The lowest BCUT2D eigenvalue weighted by molar-refractivity contribution is -0.672. The molecule has 1 aromatic carbocycles. The molecule has 2 N–H and O–H groups in total. The van der Waals surface area contributed by atoms with Crippen molar-refractivity contribution in [3.05, 3.63) is 47.2 Å². The second-order valence-electron chi connectivity index (χ2n) is 4.05. The van der Waals surface area contributed by atoms with E-state index in [1.165, 1.54) is 6.42 Å². The minimum Gasteiger partial charge on any atom is -0.455 e. The Bertz CT molecular complexity index is 461. The molecule has 0 atom stereocenters. The van der Waals surface area contributed by atoms with E-state index in [-0.39, 0.29) is 0 Å². The van der Waals surface area contributed by atoms with Crippen molar-refractivity contribution < 1.29 is 9.73 Å². The zero-order valence-electron chi connectivity index (χ0n) is 9.95. The van der Waals surface area contributed by atoms with Gasteiger partial charge in [0, 0.05) is 10.6 Å². The summed E-state index contributed by atoms with van der Waals surface area (Å²) in [6, 6.07) is 11.8. The number of hydrogen-bond donors (Lipinski definition) is 1. The Morgan fingerprint density at radius 2 is 1.88 bits per heavy atom. The van der Waals surface area contributed by atoms with Crippen LogP contribution in [-0.4, -0.2) is 6.54 Å². The van der Waals surface area contributed by atoms with E-state index >= 15 is 0 Å². The second kappa shape index (κ2) is 5.89. The van der Waals surface area contributed by atoms with Crippen molar-refractivity contribution in [2.45, 2.75) is 19.9 Å². The third kappa shape index (κ3) is 3.35. The van der Waals surface area contributed by atoms with Crippen LogP contribution in [0.25, 0.3) is 11.3 Å². The summed E-state index contributed by atoms with van der Waals surface area (Å²) >= 11 is 5.85. The van der Waals surface area contributed by atoms with Gasteiger partial charge in [-0.15, -0.1) is 0 Å². The number of rotatable bonds is 5. The minimum atomic E-state index is 0.747. The molecular formula is C14H17ClNO+. The lowest BCUT2D eigenvalue weighted by Gasteiger charge is -1.98. The Balaban J connectivity index is 2.04. The molecule has 0 radical (unpaired) electrons. The van der Waals surface area contributed by atoms with E-state index in [1.54, 1.807) is 0 Å². The summed E-state index contributed by atoms with van der Waals surface area (Å²) in [6.07, 6.45) is 1.19. The molecule has 0 saturated heterocycles. The van der Waals surface area contributed by atoms with Crippen molar-refractivity contribution in [1.82, 2.24) is 0 Å². The lowest BCUT2D eigenvalue weighted by Crippen LogP contribution is -2.82. The molecule has 0 aliphatic heterocycles. The van der Waals surface area contributed by atoms with Gasteiger partial charge in [0.2, 0.25) is 0 Å². The topological polar surface area (TPSA) is 29.8 Å². The number of quaternary nitrogens is 1. The fourth-order valence-electron chi connectivity index (χ4n) is 1.71. The molecule has 3 heteroatoms. The Morgan fingerprint density at radius 1 is 1.12 bits per heavy atom. The van der Waals surface area contributed by atoms with Gasteiger partial charge < -0.3 is 9.73 Å². The van der Waals surface area contributed by atoms with Crippen molar-refractivity contribution in [2.75, 3.05) is 6.54 Å². The quantitative estimate of drug-likeness (QED) is 0.812. The van der Waals surface area contributed by atoms with Crippen LogP contribution in [0.4, 0.5) is 0 Å². The molecule has 90 valence electrons. The van der Waals surface area contributed by atoms with Gasteiger partial charge in [0.1, 0.15) is 12.3 Å². The zero-order valence-corrected chi connectivity index (χ0v) is 10.7. The SMILES string of the molecule is CCC[NH2+]Cc1ccc(-c2ccc(Cl)cc2)o1. The molecule has 0 bridgehead atoms. The van der Waals surface area contributed by atoms with Crippen LogP contribution in [0.2, 0.25) is 5.02 Å². The minimum absolute atomic E-state index is 0.747. The van der Waals surface area contributed by atoms with Crippen molar-refractivity contribution in [3.63, 3.8) is 0 Å². The van der Waals surface area contributed by atoms with Gasteiger partial charge in [-0.05, 0) is 42.8 Å². The maximum Gasteiger partial charge on any atom is 0.158 e. The summed E-state index contributed by atoms with van der Waals surface area (Å²) in [7, 11) is 0. The number of halogens is 1. The average molecular weight is 251 g/mol. The number of hydrogen-bond acceptors (Lipinski definition) is 1. The van der Waals surface area contributed by atoms with Crippen LogP contribution >= 0.6 is 11.6 Å². The highest BCUT2D eigenvalue weighted by Gasteiger charge is 2.05. The van der Waals surface area contributed by atoms with Gasteiger partial charge in [0.05, 0.1) is 6.54 Å². The molecule has 0 spiro atoms. The summed E-state index contributed by atoms with van der Waals surface area (Å²) in [5.74, 6) is 1.92. The standard InChI is InChI=1S/C14H16ClNO/c1-2-9-16-10-13-7-8-14(17-13)11-3-5-12(15)6-4-11/h3-8,16H,2,9-10H2,1H3/p+1. The maximum absolute atomic E-state index is 5.85. The molecule has 0 amide bonds. The fourth-order valence-corrected chi connectivity index (χ4v) is 1.83. The largest absolute Gasteiger partial charge is 0.455 e. The van der Waals surface area contributed by atoms with E-state index in [4.69, 9.17) is 16.0 Å². The van der Waals surface area contributed by atoms with Crippen LogP contribution < -0.4 is 5.32 Å². The van der Waals surface area contributed by atoms with Gasteiger partial charge in [-0.2, -0.15) is 0 Å². The van der Waals surface area contributed by atoms with Crippen molar-refractivity contribution in [3.8, 4) is 11.3 Å². The lowest BCUT2D eigenvalue weighted by atomic mass is 10.2. The predicted molar refractivity (Wildman–Crippen MR) is 69.9 cm³/mol. The zero-order chi connectivity index (χ0) is 12.1. The van der Waals surface area contributed by atoms with Crippen molar-refractivity contribution in [2.24, 2.45) is 0 Å². The smallest absolute Gasteiger partial charge is 0.158 e. The van der Waals surface area contributed by atoms with E-state index in [9.17, 15) is 0 Å². The molecule has 17 heavy (non-hydrogen) atoms. The number of benzene rings is 1. The highest BCUT2D eigenvalue weighted by Crippen LogP contribution is 2.23. The van der Waals surface area contributed by atoms with E-state index in [0.29, 0.717) is 0 Å². The molecular weight excluding hydrogens is 234 g/mol. The fraction of sp³-hybridized carbons (Fsp3) is 0.286. The van der Waals surface area contributed by atoms with Crippen LogP contribution in [0, 0.1) is 0 Å². The molecule has 1 aromatic heterocycles. The van der Waals surface area contributed by atoms with Crippen LogP contribution in [0.5, 0.6) is 0 Å². The third-order valence-corrected chi connectivity index (χ3v) is 2.88. The summed E-state index contributed by atoms with van der Waals surface area (Å²) in [4.78, 5) is 0. The Morgan fingerprint density at radius 3 is 2.59 bits per heavy atom. The van der Waals surface area contributed by atoms with Gasteiger partial charge in [0.25, 0.3) is 0 Å². The van der Waals surface area contributed by atoms with Crippen molar-refractivity contribution in [1.29, 1.82) is 0 Å². The summed E-state index contributed by atoms with van der Waals surface area (Å²) < 4.78 is 5.78. The molecule has 0 saturated carbocycles. The summed E-state index contributed by atoms with van der Waals surface area (Å²) in [5, 5.41) is 3.00. The molecule has 2 aromatic rings. The second-order valence-corrected chi connectivity index (χ2v) is 4.49. The predicted octanol–water partition coefficient (Wildman–Crippen LogP) is 3.07. The van der Waals surface area contributed by atoms with Gasteiger partial charge in [-0.25, -0.2) is 0 Å². The van der Waals surface area contributed by atoms with Gasteiger partial charge >= 0.3 is 0 Å². The van der Waals surface area contributed by atoms with E-state index in [1.807, 2.05) is 36.4 Å². The van der Waals surface area contributed by atoms with Crippen LogP contribution in [0.3, 0.4) is 0 Å². The third-order valence-electron chi connectivity index (χ3n) is 2.63. The first kappa shape index (κ1) is 12.2. The van der Waals surface area contributed by atoms with Crippen LogP contribution in [0.15, 0.2) is 40.8 Å². The van der Waals surface area contributed by atoms with Gasteiger partial charge in [0.15, 0.2) is 5.76 Å². The first-order valence-electron chi connectivity index (χ1n) is 5.96. The monoisotopic (exact) mass is 250 g/mol. The van der Waals surface area contributed by atoms with Crippen molar-refractivity contribution >= 4 is 11.6 Å². The van der Waals surface area contributed by atoms with E-state index < -0.39 is 0 Å². The molecule has 2 rings (SSSR count). The molecule has 0 unspecified atom stereocenters. The van der Waals surface area contributed by atoms with E-state index in [2.05, 4.69) is 12.2 Å². The molecule has 1 heterocycles. The maximum atomic E-state index is 5.85. The Hall–Kier alpha value is -1.25. The Kier molecular flexibility index (Phi) is 4.24. The number of furan rings is 1. The first-order valence-corrected chi connectivity index (χ1v) is 6.33. The van der Waals surface area contributed by atoms with Crippen LogP contribution in [0.1, 0.15) is 19.1 Å². The summed E-state index contributed by atoms with van der Waals surface area (Å²) in [5.41, 5.74) is 1.07. The van der Waals surface area contributed by atoms with Gasteiger partial charge in [-0.3, -0.25) is 0 Å². The first-order chi connectivity index (χ1) is 8.29. The normalized spacial score (nSPS) is 10.7. The molecule has 2 nitrogen and oxygen atoms in total. The summed E-state index contributed by atoms with van der Waals surface area (Å²) in [6.45, 7) is 4.22. The molecule has 0 fully saturated rings.